The monoisotopic (exact) mass is 384 g/mol. The van der Waals surface area contributed by atoms with Gasteiger partial charge in [-0.15, -0.1) is 0 Å². The molecule has 2 aromatic rings. The molecule has 2 aromatic carbocycles. The van der Waals surface area contributed by atoms with Crippen molar-refractivity contribution in [2.45, 2.75) is 18.6 Å². The van der Waals surface area contributed by atoms with Gasteiger partial charge in [-0.1, -0.05) is 34.1 Å². The lowest BCUT2D eigenvalue weighted by Crippen LogP contribution is -2.30. The number of benzene rings is 2. The van der Waals surface area contributed by atoms with Crippen LogP contribution in [0.1, 0.15) is 40.1 Å². The minimum Gasteiger partial charge on any atom is -0.345 e. The van der Waals surface area contributed by atoms with Crippen LogP contribution in [0.4, 0.5) is 5.69 Å². The molecule has 0 fully saturated rings. The van der Waals surface area contributed by atoms with E-state index in [0.29, 0.717) is 5.56 Å². The Bertz CT molecular complexity index is 881. The third kappa shape index (κ3) is 2.60. The second-order valence-corrected chi connectivity index (χ2v) is 6.62. The van der Waals surface area contributed by atoms with Gasteiger partial charge >= 0.3 is 0 Å². The molecule has 0 spiro atoms. The molecule has 2 N–H and O–H groups in total. The lowest BCUT2D eigenvalue weighted by molar-refractivity contribution is -0.122. The zero-order valence-corrected chi connectivity index (χ0v) is 14.1. The minimum atomic E-state index is -0.489. The van der Waals surface area contributed by atoms with Crippen LogP contribution in [0.15, 0.2) is 57.2 Å². The predicted molar refractivity (Wildman–Crippen MR) is 90.8 cm³/mol. The molecule has 120 valence electrons. The van der Waals surface area contributed by atoms with Crippen molar-refractivity contribution in [3.63, 3.8) is 0 Å². The smallest absolute Gasteiger partial charge is 0.252 e. The molecule has 2 amide bonds. The van der Waals surface area contributed by atoms with E-state index in [2.05, 4.69) is 36.8 Å². The molecule has 24 heavy (non-hydrogen) atoms. The Morgan fingerprint density at radius 2 is 2.04 bits per heavy atom. The van der Waals surface area contributed by atoms with Crippen LogP contribution in [-0.2, 0) is 4.79 Å². The first-order valence-electron chi connectivity index (χ1n) is 7.51. The molecule has 2 aliphatic heterocycles. The van der Waals surface area contributed by atoms with E-state index in [0.717, 1.165) is 21.3 Å². The van der Waals surface area contributed by atoms with Gasteiger partial charge in [0.25, 0.3) is 5.91 Å². The van der Waals surface area contributed by atoms with Crippen molar-refractivity contribution < 1.29 is 9.59 Å². The van der Waals surface area contributed by atoms with Crippen molar-refractivity contribution in [2.24, 2.45) is 10.2 Å². The first-order chi connectivity index (χ1) is 11.6. The molecule has 6 nitrogen and oxygen atoms in total. The quantitative estimate of drug-likeness (QED) is 0.847. The third-order valence-electron chi connectivity index (χ3n) is 4.14. The molecule has 0 aliphatic carbocycles. The number of nitrogens with zero attached hydrogens (tertiary/aromatic N) is 2. The fourth-order valence-electron chi connectivity index (χ4n) is 3.00. The average Bonchev–Trinajstić information content (AvgIpc) is 3.10. The summed E-state index contributed by atoms with van der Waals surface area (Å²) >= 11 is 3.41. The molecule has 0 saturated heterocycles. The maximum atomic E-state index is 12.4. The summed E-state index contributed by atoms with van der Waals surface area (Å²) in [6.45, 7) is 0. The summed E-state index contributed by atoms with van der Waals surface area (Å²) in [5.41, 5.74) is 3.09. The number of nitrogens with one attached hydrogen (secondary N) is 2. The average molecular weight is 385 g/mol. The zero-order valence-electron chi connectivity index (χ0n) is 12.5. The molecule has 2 aliphatic rings. The Hall–Kier alpha value is -2.54. The van der Waals surface area contributed by atoms with Crippen LogP contribution < -0.4 is 10.6 Å². The van der Waals surface area contributed by atoms with Gasteiger partial charge in [-0.2, -0.15) is 10.2 Å². The molecule has 7 heteroatoms. The third-order valence-corrected chi connectivity index (χ3v) is 4.63. The van der Waals surface area contributed by atoms with Crippen molar-refractivity contribution >= 4 is 33.4 Å². The number of carbonyl (C=O) groups excluding carboxylic acids is 2. The minimum absolute atomic E-state index is 0.141. The lowest BCUT2D eigenvalue weighted by Gasteiger charge is -2.14. The molecule has 4 rings (SSSR count). The number of carbonyl (C=O) groups is 2. The summed E-state index contributed by atoms with van der Waals surface area (Å²) in [6, 6.07) is 12.6. The Labute approximate surface area is 146 Å². The first-order valence-corrected chi connectivity index (χ1v) is 8.30. The standard InChI is InChI=1S/C17H13BrN4O2/c18-9-5-6-13-12(7-9)16(22-21-13)20-15(23)8-14-10-3-1-2-4-11(10)17(24)19-14/h1-7,14,16H,8H2,(H,19,24)(H,20,23)/t14-,16-/m1/s1. The number of fused-ring (bicyclic) bond motifs is 2. The van der Waals surface area contributed by atoms with Crippen molar-refractivity contribution in [2.75, 3.05) is 0 Å². The van der Waals surface area contributed by atoms with E-state index in [1.807, 2.05) is 36.4 Å². The normalized spacial score (nSPS) is 20.5. The fourth-order valence-corrected chi connectivity index (χ4v) is 3.38. The van der Waals surface area contributed by atoms with E-state index < -0.39 is 6.17 Å². The number of hydrogen-bond donors (Lipinski definition) is 2. The van der Waals surface area contributed by atoms with E-state index in [1.54, 1.807) is 6.07 Å². The highest BCUT2D eigenvalue weighted by molar-refractivity contribution is 9.10. The van der Waals surface area contributed by atoms with Crippen LogP contribution in [-0.4, -0.2) is 11.8 Å². The van der Waals surface area contributed by atoms with Crippen molar-refractivity contribution in [1.29, 1.82) is 0 Å². The highest BCUT2D eigenvalue weighted by Gasteiger charge is 2.31. The molecule has 0 unspecified atom stereocenters. The fraction of sp³-hybridized carbons (Fsp3) is 0.176. The van der Waals surface area contributed by atoms with Gasteiger partial charge in [-0.05, 0) is 29.8 Å². The summed E-state index contributed by atoms with van der Waals surface area (Å²) in [5, 5.41) is 13.9. The van der Waals surface area contributed by atoms with Crippen LogP contribution in [0, 0.1) is 0 Å². The molecule has 0 bridgehead atoms. The van der Waals surface area contributed by atoms with Gasteiger partial charge in [0, 0.05) is 15.6 Å². The van der Waals surface area contributed by atoms with E-state index in [9.17, 15) is 9.59 Å². The molecule has 0 aromatic heterocycles. The van der Waals surface area contributed by atoms with Crippen molar-refractivity contribution in [3.8, 4) is 0 Å². The van der Waals surface area contributed by atoms with Crippen LogP contribution >= 0.6 is 15.9 Å². The number of azo groups is 1. The molecular formula is C17H13BrN4O2. The largest absolute Gasteiger partial charge is 0.345 e. The van der Waals surface area contributed by atoms with Crippen molar-refractivity contribution in [1.82, 2.24) is 10.6 Å². The van der Waals surface area contributed by atoms with Gasteiger partial charge in [0.1, 0.15) is 0 Å². The van der Waals surface area contributed by atoms with E-state index in [4.69, 9.17) is 0 Å². The zero-order chi connectivity index (χ0) is 16.7. The number of halogens is 1. The van der Waals surface area contributed by atoms with Gasteiger partial charge in [0.15, 0.2) is 6.17 Å². The Morgan fingerprint density at radius 3 is 2.92 bits per heavy atom. The summed E-state index contributed by atoms with van der Waals surface area (Å²) in [5.74, 6) is -0.327. The maximum Gasteiger partial charge on any atom is 0.252 e. The van der Waals surface area contributed by atoms with Crippen LogP contribution in [0.3, 0.4) is 0 Å². The SMILES string of the molecule is O=C(C[C@H]1NC(=O)c2ccccc21)N[C@@H]1N=Nc2ccc(Br)cc21. The van der Waals surface area contributed by atoms with Gasteiger partial charge in [-0.3, -0.25) is 9.59 Å². The van der Waals surface area contributed by atoms with E-state index in [1.165, 1.54) is 0 Å². The summed E-state index contributed by atoms with van der Waals surface area (Å²) < 4.78 is 0.907. The number of amides is 2. The predicted octanol–water partition coefficient (Wildman–Crippen LogP) is 3.54. The molecule has 0 radical (unpaired) electrons. The van der Waals surface area contributed by atoms with E-state index >= 15 is 0 Å². The topological polar surface area (TPSA) is 82.9 Å². The molecular weight excluding hydrogens is 372 g/mol. The summed E-state index contributed by atoms with van der Waals surface area (Å²) in [4.78, 5) is 24.3. The highest BCUT2D eigenvalue weighted by Crippen LogP contribution is 2.36. The first kappa shape index (κ1) is 15.0. The number of rotatable bonds is 3. The van der Waals surface area contributed by atoms with Gasteiger partial charge in [-0.25, -0.2) is 0 Å². The van der Waals surface area contributed by atoms with Gasteiger partial charge in [0.05, 0.1) is 18.2 Å². The Balaban J connectivity index is 1.47. The van der Waals surface area contributed by atoms with Gasteiger partial charge in [0.2, 0.25) is 5.91 Å². The lowest BCUT2D eigenvalue weighted by atomic mass is 10.0. The van der Waals surface area contributed by atoms with Gasteiger partial charge < -0.3 is 10.6 Å². The summed E-state index contributed by atoms with van der Waals surface area (Å²) in [6.07, 6.45) is -0.324. The Morgan fingerprint density at radius 1 is 1.21 bits per heavy atom. The van der Waals surface area contributed by atoms with Crippen LogP contribution in [0.5, 0.6) is 0 Å². The summed E-state index contributed by atoms with van der Waals surface area (Å²) in [7, 11) is 0. The van der Waals surface area contributed by atoms with Crippen LogP contribution in [0.25, 0.3) is 0 Å². The maximum absolute atomic E-state index is 12.4. The second kappa shape index (κ2) is 5.83. The van der Waals surface area contributed by atoms with Crippen molar-refractivity contribution in [3.05, 3.63) is 63.6 Å². The Kier molecular flexibility index (Phi) is 3.65. The molecule has 2 atom stereocenters. The van der Waals surface area contributed by atoms with E-state index in [-0.39, 0.29) is 24.3 Å². The van der Waals surface area contributed by atoms with Crippen LogP contribution in [0.2, 0.25) is 0 Å². The molecule has 2 heterocycles. The highest BCUT2D eigenvalue weighted by atomic mass is 79.9. The molecule has 0 saturated carbocycles. The second-order valence-electron chi connectivity index (χ2n) is 5.71. The number of hydrogen-bond acceptors (Lipinski definition) is 4.